The van der Waals surface area contributed by atoms with Gasteiger partial charge in [-0.05, 0) is 31.0 Å². The molecule has 0 saturated carbocycles. The second-order valence-electron chi connectivity index (χ2n) is 4.54. The number of carbonyl (C=O) groups is 2. The van der Waals surface area contributed by atoms with Crippen molar-refractivity contribution in [2.45, 2.75) is 13.3 Å². The monoisotopic (exact) mass is 311 g/mol. The summed E-state index contributed by atoms with van der Waals surface area (Å²) < 4.78 is 0.891. The Kier molecular flexibility index (Phi) is 3.71. The number of hydrogen-bond donors (Lipinski definition) is 1. The lowest BCUT2D eigenvalue weighted by Crippen LogP contribution is -2.29. The number of amides is 1. The summed E-state index contributed by atoms with van der Waals surface area (Å²) in [4.78, 5) is 24.7. The van der Waals surface area contributed by atoms with Crippen molar-refractivity contribution < 1.29 is 14.7 Å². The van der Waals surface area contributed by atoms with Gasteiger partial charge in [0, 0.05) is 23.1 Å². The number of benzene rings is 1. The zero-order valence-electron chi connectivity index (χ0n) is 10.0. The van der Waals surface area contributed by atoms with Gasteiger partial charge in [0.05, 0.1) is 5.92 Å². The number of likely N-dealkylation sites (tertiary alicyclic amines) is 1. The summed E-state index contributed by atoms with van der Waals surface area (Å²) in [6.45, 7) is 2.77. The normalized spacial score (nSPS) is 19.0. The Morgan fingerprint density at radius 3 is 2.72 bits per heavy atom. The van der Waals surface area contributed by atoms with Crippen molar-refractivity contribution in [2.75, 3.05) is 13.1 Å². The van der Waals surface area contributed by atoms with Crippen molar-refractivity contribution in [3.63, 3.8) is 0 Å². The van der Waals surface area contributed by atoms with Gasteiger partial charge in [-0.1, -0.05) is 22.0 Å². The smallest absolute Gasteiger partial charge is 0.308 e. The highest BCUT2D eigenvalue weighted by molar-refractivity contribution is 9.10. The van der Waals surface area contributed by atoms with Crippen molar-refractivity contribution in [1.29, 1.82) is 0 Å². The first-order valence-corrected chi connectivity index (χ1v) is 6.56. The Hall–Kier alpha value is -1.36. The van der Waals surface area contributed by atoms with Crippen LogP contribution in [0.5, 0.6) is 0 Å². The topological polar surface area (TPSA) is 57.6 Å². The first kappa shape index (κ1) is 13.1. The molecule has 1 fully saturated rings. The summed E-state index contributed by atoms with van der Waals surface area (Å²) >= 11 is 3.39. The number of aryl methyl sites for hydroxylation is 1. The molecule has 0 aliphatic carbocycles. The molecule has 96 valence electrons. The Labute approximate surface area is 114 Å². The third kappa shape index (κ3) is 2.56. The Morgan fingerprint density at radius 1 is 1.44 bits per heavy atom. The van der Waals surface area contributed by atoms with Gasteiger partial charge in [-0.3, -0.25) is 9.59 Å². The average molecular weight is 312 g/mol. The number of aliphatic carboxylic acids is 1. The molecule has 0 aromatic heterocycles. The SMILES string of the molecule is Cc1ccc(C(=O)N2CCC(C(=O)O)C2)cc1Br. The van der Waals surface area contributed by atoms with E-state index in [9.17, 15) is 9.59 Å². The fourth-order valence-corrected chi connectivity index (χ4v) is 2.43. The third-order valence-electron chi connectivity index (χ3n) is 3.24. The van der Waals surface area contributed by atoms with Crippen LogP contribution in [0.2, 0.25) is 0 Å². The Balaban J connectivity index is 2.12. The summed E-state index contributed by atoms with van der Waals surface area (Å²) in [5.74, 6) is -1.35. The maximum atomic E-state index is 12.2. The molecule has 1 aliphatic heterocycles. The number of rotatable bonds is 2. The summed E-state index contributed by atoms with van der Waals surface area (Å²) in [6.07, 6.45) is 0.536. The van der Waals surface area contributed by atoms with Gasteiger partial charge in [0.1, 0.15) is 0 Å². The second kappa shape index (κ2) is 5.10. The fourth-order valence-electron chi connectivity index (χ4n) is 2.05. The Morgan fingerprint density at radius 2 is 2.17 bits per heavy atom. The predicted molar refractivity (Wildman–Crippen MR) is 70.5 cm³/mol. The maximum Gasteiger partial charge on any atom is 0.308 e. The minimum Gasteiger partial charge on any atom is -0.481 e. The third-order valence-corrected chi connectivity index (χ3v) is 4.10. The number of nitrogens with zero attached hydrogens (tertiary/aromatic N) is 1. The highest BCUT2D eigenvalue weighted by Gasteiger charge is 2.31. The van der Waals surface area contributed by atoms with Crippen molar-refractivity contribution in [2.24, 2.45) is 5.92 Å². The second-order valence-corrected chi connectivity index (χ2v) is 5.39. The summed E-state index contributed by atoms with van der Waals surface area (Å²) in [7, 11) is 0. The standard InChI is InChI=1S/C13H14BrNO3/c1-8-2-3-9(6-11(8)14)12(16)15-5-4-10(7-15)13(17)18/h2-3,6,10H,4-5,7H2,1H3,(H,17,18). The quantitative estimate of drug-likeness (QED) is 0.911. The molecule has 4 nitrogen and oxygen atoms in total. The molecule has 1 heterocycles. The summed E-state index contributed by atoms with van der Waals surface area (Å²) in [5, 5.41) is 8.92. The molecule has 18 heavy (non-hydrogen) atoms. The highest BCUT2D eigenvalue weighted by atomic mass is 79.9. The van der Waals surface area contributed by atoms with Crippen molar-refractivity contribution in [3.8, 4) is 0 Å². The molecule has 2 rings (SSSR count). The van der Waals surface area contributed by atoms with Gasteiger partial charge >= 0.3 is 5.97 Å². The average Bonchev–Trinajstić information content (AvgIpc) is 2.81. The van der Waals surface area contributed by atoms with E-state index >= 15 is 0 Å². The molecule has 0 spiro atoms. The van der Waals surface area contributed by atoms with Gasteiger partial charge in [0.15, 0.2) is 0 Å². The first-order chi connectivity index (χ1) is 8.49. The zero-order chi connectivity index (χ0) is 13.3. The van der Waals surface area contributed by atoms with Crippen molar-refractivity contribution in [3.05, 3.63) is 33.8 Å². The number of halogens is 1. The van der Waals surface area contributed by atoms with Crippen molar-refractivity contribution >= 4 is 27.8 Å². The molecule has 1 saturated heterocycles. The van der Waals surface area contributed by atoms with Gasteiger partial charge in [0.25, 0.3) is 5.91 Å². The highest BCUT2D eigenvalue weighted by Crippen LogP contribution is 2.22. The molecule has 1 atom stereocenters. The molecular formula is C13H14BrNO3. The van der Waals surface area contributed by atoms with Crippen LogP contribution in [0.3, 0.4) is 0 Å². The van der Waals surface area contributed by atoms with Crippen LogP contribution < -0.4 is 0 Å². The number of carbonyl (C=O) groups excluding carboxylic acids is 1. The van der Waals surface area contributed by atoms with Gasteiger partial charge < -0.3 is 10.0 Å². The minimum absolute atomic E-state index is 0.0977. The molecular weight excluding hydrogens is 298 g/mol. The van der Waals surface area contributed by atoms with E-state index in [1.54, 1.807) is 17.0 Å². The van der Waals surface area contributed by atoms with E-state index in [0.29, 0.717) is 25.1 Å². The van der Waals surface area contributed by atoms with Crippen LogP contribution in [0.4, 0.5) is 0 Å². The van der Waals surface area contributed by atoms with Gasteiger partial charge in [0.2, 0.25) is 0 Å². The van der Waals surface area contributed by atoms with Crippen LogP contribution in [0.15, 0.2) is 22.7 Å². The minimum atomic E-state index is -0.824. The fraction of sp³-hybridized carbons (Fsp3) is 0.385. The zero-order valence-corrected chi connectivity index (χ0v) is 11.6. The van der Waals surface area contributed by atoms with Gasteiger partial charge in [-0.25, -0.2) is 0 Å². The number of carboxylic acid groups (broad SMARTS) is 1. The van der Waals surface area contributed by atoms with E-state index in [1.165, 1.54) is 0 Å². The molecule has 5 heteroatoms. The van der Waals surface area contributed by atoms with Gasteiger partial charge in [-0.15, -0.1) is 0 Å². The molecule has 1 aliphatic rings. The number of carboxylic acids is 1. The van der Waals surface area contributed by atoms with Crippen LogP contribution in [-0.2, 0) is 4.79 Å². The van der Waals surface area contributed by atoms with Crippen LogP contribution in [0.25, 0.3) is 0 Å². The molecule has 1 N–H and O–H groups in total. The molecule has 1 aromatic carbocycles. The summed E-state index contributed by atoms with van der Waals surface area (Å²) in [5.41, 5.74) is 1.66. The van der Waals surface area contributed by atoms with Crippen LogP contribution in [-0.4, -0.2) is 35.0 Å². The first-order valence-electron chi connectivity index (χ1n) is 5.77. The van der Waals surface area contributed by atoms with E-state index in [2.05, 4.69) is 15.9 Å². The lowest BCUT2D eigenvalue weighted by molar-refractivity contribution is -0.141. The van der Waals surface area contributed by atoms with Crippen LogP contribution >= 0.6 is 15.9 Å². The molecule has 1 unspecified atom stereocenters. The van der Waals surface area contributed by atoms with Gasteiger partial charge in [-0.2, -0.15) is 0 Å². The van der Waals surface area contributed by atoms with E-state index in [1.807, 2.05) is 13.0 Å². The van der Waals surface area contributed by atoms with Crippen molar-refractivity contribution in [1.82, 2.24) is 4.90 Å². The Bertz CT molecular complexity index is 501. The lowest BCUT2D eigenvalue weighted by atomic mass is 10.1. The molecule has 0 radical (unpaired) electrons. The number of hydrogen-bond acceptors (Lipinski definition) is 2. The van der Waals surface area contributed by atoms with E-state index < -0.39 is 11.9 Å². The maximum absolute atomic E-state index is 12.2. The molecule has 0 bridgehead atoms. The molecule has 1 amide bonds. The van der Waals surface area contributed by atoms with Crippen LogP contribution in [0.1, 0.15) is 22.3 Å². The lowest BCUT2D eigenvalue weighted by Gasteiger charge is -2.16. The predicted octanol–water partition coefficient (Wildman–Crippen LogP) is 2.30. The van der Waals surface area contributed by atoms with E-state index in [0.717, 1.165) is 10.0 Å². The van der Waals surface area contributed by atoms with E-state index in [-0.39, 0.29) is 5.91 Å². The largest absolute Gasteiger partial charge is 0.481 e. The van der Waals surface area contributed by atoms with E-state index in [4.69, 9.17) is 5.11 Å². The molecule has 1 aromatic rings. The van der Waals surface area contributed by atoms with Crippen LogP contribution in [0, 0.1) is 12.8 Å². The summed E-state index contributed by atoms with van der Waals surface area (Å²) in [6, 6.07) is 5.43.